The number of hydrogen-bond donors (Lipinski definition) is 1. The fourth-order valence-corrected chi connectivity index (χ4v) is 3.23. The van der Waals surface area contributed by atoms with Gasteiger partial charge in [-0.25, -0.2) is 0 Å². The average molecular weight is 285 g/mol. The topological polar surface area (TPSA) is 53.1 Å². The highest BCUT2D eigenvalue weighted by molar-refractivity contribution is 5.70. The number of nitrogens with zero attached hydrogens (tertiary/aromatic N) is 2. The normalized spacial score (nSPS) is 16.1. The van der Waals surface area contributed by atoms with Crippen molar-refractivity contribution in [2.24, 2.45) is 7.05 Å². The van der Waals surface area contributed by atoms with Crippen LogP contribution in [0.1, 0.15) is 43.6 Å². The maximum atomic E-state index is 5.91. The van der Waals surface area contributed by atoms with E-state index in [-0.39, 0.29) is 0 Å². The van der Waals surface area contributed by atoms with Crippen LogP contribution in [0.4, 0.5) is 5.82 Å². The maximum absolute atomic E-state index is 5.91. The largest absolute Gasteiger partial charge is 0.496 e. The van der Waals surface area contributed by atoms with Crippen LogP contribution < -0.4 is 10.5 Å². The summed E-state index contributed by atoms with van der Waals surface area (Å²) < 4.78 is 7.20. The van der Waals surface area contributed by atoms with Crippen molar-refractivity contribution >= 4 is 5.82 Å². The zero-order chi connectivity index (χ0) is 14.8. The Morgan fingerprint density at radius 1 is 1.19 bits per heavy atom. The highest BCUT2D eigenvalue weighted by atomic mass is 16.5. The molecule has 0 saturated heterocycles. The number of aryl methyl sites for hydroxylation is 1. The zero-order valence-electron chi connectivity index (χ0n) is 12.8. The number of ether oxygens (including phenoxy) is 1. The van der Waals surface area contributed by atoms with Crippen molar-refractivity contribution in [2.45, 2.75) is 38.0 Å². The van der Waals surface area contributed by atoms with E-state index in [9.17, 15) is 0 Å². The van der Waals surface area contributed by atoms with E-state index in [4.69, 9.17) is 10.5 Å². The van der Waals surface area contributed by atoms with Gasteiger partial charge in [0, 0.05) is 18.7 Å². The smallest absolute Gasteiger partial charge is 0.128 e. The highest BCUT2D eigenvalue weighted by Crippen LogP contribution is 2.37. The molecule has 0 atom stereocenters. The number of rotatable bonds is 3. The van der Waals surface area contributed by atoms with Crippen LogP contribution >= 0.6 is 0 Å². The van der Waals surface area contributed by atoms with E-state index in [2.05, 4.69) is 23.3 Å². The van der Waals surface area contributed by atoms with Gasteiger partial charge in [0.15, 0.2) is 0 Å². The summed E-state index contributed by atoms with van der Waals surface area (Å²) in [6, 6.07) is 8.40. The molecule has 3 rings (SSSR count). The second-order valence-electron chi connectivity index (χ2n) is 5.87. The van der Waals surface area contributed by atoms with E-state index >= 15 is 0 Å². The van der Waals surface area contributed by atoms with Gasteiger partial charge in [0.25, 0.3) is 0 Å². The first-order chi connectivity index (χ1) is 10.2. The molecule has 1 aliphatic rings. The quantitative estimate of drug-likeness (QED) is 0.935. The summed E-state index contributed by atoms with van der Waals surface area (Å²) >= 11 is 0. The molecule has 1 aromatic heterocycles. The molecule has 0 aliphatic heterocycles. The van der Waals surface area contributed by atoms with Gasteiger partial charge in [-0.1, -0.05) is 25.3 Å². The first-order valence-electron chi connectivity index (χ1n) is 7.67. The third kappa shape index (κ3) is 2.75. The van der Waals surface area contributed by atoms with E-state index in [0.29, 0.717) is 11.7 Å². The molecule has 112 valence electrons. The minimum absolute atomic E-state index is 0.662. The van der Waals surface area contributed by atoms with Gasteiger partial charge < -0.3 is 10.5 Å². The third-order valence-corrected chi connectivity index (χ3v) is 4.49. The van der Waals surface area contributed by atoms with E-state index in [1.807, 2.05) is 13.1 Å². The Balaban J connectivity index is 2.00. The van der Waals surface area contributed by atoms with Crippen molar-refractivity contribution in [3.05, 3.63) is 29.8 Å². The number of hydrogen-bond acceptors (Lipinski definition) is 3. The summed E-state index contributed by atoms with van der Waals surface area (Å²) in [4.78, 5) is 0. The predicted octanol–water partition coefficient (Wildman–Crippen LogP) is 3.73. The maximum Gasteiger partial charge on any atom is 0.128 e. The molecule has 2 N–H and O–H groups in total. The van der Waals surface area contributed by atoms with Gasteiger partial charge in [0.1, 0.15) is 11.6 Å². The molecular formula is C17H23N3O. The summed E-state index contributed by atoms with van der Waals surface area (Å²) in [5.41, 5.74) is 9.22. The van der Waals surface area contributed by atoms with Gasteiger partial charge >= 0.3 is 0 Å². The number of benzene rings is 1. The number of methoxy groups -OCH3 is 1. The number of nitrogen functional groups attached to an aromatic ring is 1. The summed E-state index contributed by atoms with van der Waals surface area (Å²) in [6.07, 6.45) is 6.62. The molecule has 0 radical (unpaired) electrons. The van der Waals surface area contributed by atoms with Gasteiger partial charge in [-0.3, -0.25) is 4.68 Å². The third-order valence-electron chi connectivity index (χ3n) is 4.49. The highest BCUT2D eigenvalue weighted by Gasteiger charge is 2.18. The van der Waals surface area contributed by atoms with Crippen molar-refractivity contribution in [2.75, 3.05) is 12.8 Å². The zero-order valence-corrected chi connectivity index (χ0v) is 12.8. The molecule has 4 heteroatoms. The van der Waals surface area contributed by atoms with E-state index < -0.39 is 0 Å². The van der Waals surface area contributed by atoms with Gasteiger partial charge in [-0.15, -0.1) is 0 Å². The predicted molar refractivity (Wildman–Crippen MR) is 85.4 cm³/mol. The monoisotopic (exact) mass is 285 g/mol. The minimum atomic E-state index is 0.662. The first-order valence-corrected chi connectivity index (χ1v) is 7.67. The molecule has 2 aromatic rings. The van der Waals surface area contributed by atoms with Crippen LogP contribution in [0.3, 0.4) is 0 Å². The molecule has 1 saturated carbocycles. The Labute approximate surface area is 125 Å². The van der Waals surface area contributed by atoms with E-state index in [1.54, 1.807) is 11.8 Å². The lowest BCUT2D eigenvalue weighted by atomic mass is 9.83. The van der Waals surface area contributed by atoms with Gasteiger partial charge in [0.2, 0.25) is 0 Å². The van der Waals surface area contributed by atoms with Crippen molar-refractivity contribution in [1.29, 1.82) is 0 Å². The minimum Gasteiger partial charge on any atom is -0.496 e. The molecule has 0 unspecified atom stereocenters. The van der Waals surface area contributed by atoms with E-state index in [0.717, 1.165) is 17.0 Å². The summed E-state index contributed by atoms with van der Waals surface area (Å²) in [6.45, 7) is 0. The molecule has 1 heterocycles. The van der Waals surface area contributed by atoms with Crippen LogP contribution in [0.25, 0.3) is 11.3 Å². The van der Waals surface area contributed by atoms with Gasteiger partial charge in [0.05, 0.1) is 12.8 Å². The molecule has 1 aromatic carbocycles. The Kier molecular flexibility index (Phi) is 3.86. The molecule has 21 heavy (non-hydrogen) atoms. The Morgan fingerprint density at radius 2 is 1.95 bits per heavy atom. The van der Waals surface area contributed by atoms with Crippen LogP contribution in [0.2, 0.25) is 0 Å². The first kappa shape index (κ1) is 14.0. The molecular weight excluding hydrogens is 262 g/mol. The van der Waals surface area contributed by atoms with Gasteiger partial charge in [-0.05, 0) is 36.5 Å². The lowest BCUT2D eigenvalue weighted by molar-refractivity contribution is 0.414. The lowest BCUT2D eigenvalue weighted by Crippen LogP contribution is -2.05. The Morgan fingerprint density at radius 3 is 2.57 bits per heavy atom. The van der Waals surface area contributed by atoms with Gasteiger partial charge in [-0.2, -0.15) is 5.10 Å². The SMILES string of the molecule is COc1ccc(C2CCCCC2)cc1-c1cc(N)n(C)n1. The fourth-order valence-electron chi connectivity index (χ4n) is 3.23. The molecule has 1 aliphatic carbocycles. The summed E-state index contributed by atoms with van der Waals surface area (Å²) in [7, 11) is 3.56. The second kappa shape index (κ2) is 5.80. The lowest BCUT2D eigenvalue weighted by Gasteiger charge is -2.22. The second-order valence-corrected chi connectivity index (χ2v) is 5.87. The standard InChI is InChI=1S/C17H23N3O/c1-20-17(18)11-15(19-20)14-10-13(8-9-16(14)21-2)12-6-4-3-5-7-12/h8-12H,3-7,18H2,1-2H3. The van der Waals surface area contributed by atoms with Crippen LogP contribution in [0.5, 0.6) is 5.75 Å². The van der Waals surface area contributed by atoms with Crippen molar-refractivity contribution in [1.82, 2.24) is 9.78 Å². The summed E-state index contributed by atoms with van der Waals surface area (Å²) in [5, 5.41) is 4.49. The van der Waals surface area contributed by atoms with Crippen LogP contribution in [0, 0.1) is 0 Å². The summed E-state index contributed by atoms with van der Waals surface area (Å²) in [5.74, 6) is 2.19. The Bertz CT molecular complexity index is 607. The average Bonchev–Trinajstić information content (AvgIpc) is 2.87. The molecule has 0 spiro atoms. The molecule has 0 amide bonds. The van der Waals surface area contributed by atoms with Crippen molar-refractivity contribution in [3.63, 3.8) is 0 Å². The molecule has 0 bridgehead atoms. The Hall–Kier alpha value is -1.97. The van der Waals surface area contributed by atoms with Crippen molar-refractivity contribution < 1.29 is 4.74 Å². The number of aromatic nitrogens is 2. The number of anilines is 1. The van der Waals surface area contributed by atoms with E-state index in [1.165, 1.54) is 37.7 Å². The molecule has 4 nitrogen and oxygen atoms in total. The molecule has 1 fully saturated rings. The fraction of sp³-hybridized carbons (Fsp3) is 0.471. The number of nitrogens with two attached hydrogens (primary N) is 1. The van der Waals surface area contributed by atoms with Crippen LogP contribution in [0.15, 0.2) is 24.3 Å². The van der Waals surface area contributed by atoms with Crippen LogP contribution in [-0.4, -0.2) is 16.9 Å². The van der Waals surface area contributed by atoms with Crippen LogP contribution in [-0.2, 0) is 7.05 Å². The van der Waals surface area contributed by atoms with Crippen molar-refractivity contribution in [3.8, 4) is 17.0 Å².